The Morgan fingerprint density at radius 1 is 0.496 bits per heavy atom. The topological polar surface area (TPSA) is 638 Å². The van der Waals surface area contributed by atoms with Crippen molar-refractivity contribution in [1.29, 1.82) is 0 Å². The van der Waals surface area contributed by atoms with E-state index in [2.05, 4.69) is 40.7 Å². The van der Waals surface area contributed by atoms with Crippen LogP contribution in [-0.4, -0.2) is 385 Å². The van der Waals surface area contributed by atoms with E-state index in [1.807, 2.05) is 6.92 Å². The molecule has 0 aromatic rings. The Kier molecular flexibility index (Phi) is 33.3. The van der Waals surface area contributed by atoms with Crippen molar-refractivity contribution in [2.45, 2.75) is 426 Å². The summed E-state index contributed by atoms with van der Waals surface area (Å²) in [6.45, 7) is 22.0. The number of aldehydes is 1. The minimum atomic E-state index is -2.23. The molecule has 5 aliphatic carbocycles. The molecule has 11 fully saturated rings. The summed E-state index contributed by atoms with van der Waals surface area (Å²) in [4.78, 5) is 71.6. The summed E-state index contributed by atoms with van der Waals surface area (Å²) in [6, 6.07) is 0. The number of carboxylic acids is 1. The first-order chi connectivity index (χ1) is 60.5. The second kappa shape index (κ2) is 41.4. The number of aliphatic hydroxyl groups is 19. The van der Waals surface area contributed by atoms with Crippen molar-refractivity contribution in [3.63, 3.8) is 0 Å². The molecule has 4 saturated carbocycles. The second-order valence-corrected chi connectivity index (χ2v) is 40.4. The van der Waals surface area contributed by atoms with Gasteiger partial charge in [0, 0.05) is 12.8 Å². The van der Waals surface area contributed by atoms with Gasteiger partial charge in [-0.2, -0.15) is 0 Å². The van der Waals surface area contributed by atoms with Crippen LogP contribution in [0.5, 0.6) is 0 Å². The molecule has 12 aliphatic rings. The van der Waals surface area contributed by atoms with Gasteiger partial charge in [-0.3, -0.25) is 14.4 Å². The van der Waals surface area contributed by atoms with Crippen molar-refractivity contribution in [2.75, 3.05) is 19.8 Å². The molecule has 7 heterocycles. The molecular weight excluding hydrogens is 1710 g/mol. The van der Waals surface area contributed by atoms with Crippen LogP contribution in [-0.2, 0) is 99.8 Å². The Morgan fingerprint density at radius 2 is 1.02 bits per heavy atom. The van der Waals surface area contributed by atoms with Crippen LogP contribution in [0.4, 0.5) is 0 Å². The van der Waals surface area contributed by atoms with Gasteiger partial charge in [0.15, 0.2) is 56.1 Å². The monoisotopic (exact) mass is 1850 g/mol. The minimum Gasteiger partial charge on any atom is -0.479 e. The zero-order valence-electron chi connectivity index (χ0n) is 75.4. The third kappa shape index (κ3) is 20.4. The number of carboxylic acid groups (broad SMARTS) is 1. The number of esters is 3. The van der Waals surface area contributed by atoms with Gasteiger partial charge in [0.1, 0.15) is 134 Å². The number of hydrogen-bond donors (Lipinski definition) is 20. The summed E-state index contributed by atoms with van der Waals surface area (Å²) < 4.78 is 97.2. The van der Waals surface area contributed by atoms with Crippen LogP contribution in [0.2, 0.25) is 0 Å². The van der Waals surface area contributed by atoms with E-state index in [1.165, 1.54) is 20.8 Å². The van der Waals surface area contributed by atoms with Gasteiger partial charge >= 0.3 is 23.9 Å². The first-order valence-corrected chi connectivity index (χ1v) is 45.8. The normalized spacial score (nSPS) is 48.4. The maximum atomic E-state index is 16.1. The molecule has 0 spiro atoms. The SMILES string of the molecule is CC[C@H](C)[C@H](C[C@H](O)CC(=O)O[C@@H]1[C@H](O)[C@@H](O[C@@H]2O[C@@H](C)[C@H](O)[C@@H](O)[C@H]2O)[C@H](OC(=O)[C@]23CCC(C)(C)C[C@H]2C2=CCC4[C@@]5(C)CC[C@H](O[C@@H]6O[C@H](C(=O)O)[C@@H](O)[C@H](O[C@@H]7O[C@@H](C)[C@H](O)[C@@H](O)[C@H]7O)[C@H]6O[C@@H]6O[C@H](CO)[C@H](O)[C@H](O)[C@H]6O)[C@@](C)(C=O)C5CC[C@@]4(C)[C@]2(C)CC3)O[C@@H]1C)OC(=O)C[C@@H](O)C[C@H](O[C@@H]1O[C@@H](CO)[C@H](O)[C@H]1O[C@@H]1OC[C@H](O)[C@@H](O)[C@H]1O)[C@@H](C)CC. The highest BCUT2D eigenvalue weighted by Crippen LogP contribution is 2.76. The lowest BCUT2D eigenvalue weighted by molar-refractivity contribution is -0.394. The molecule has 0 radical (unpaired) electrons. The van der Waals surface area contributed by atoms with Gasteiger partial charge in [-0.15, -0.1) is 0 Å². The van der Waals surface area contributed by atoms with Gasteiger partial charge in [-0.05, 0) is 136 Å². The van der Waals surface area contributed by atoms with E-state index in [4.69, 9.17) is 75.8 Å². The van der Waals surface area contributed by atoms with Crippen molar-refractivity contribution in [3.05, 3.63) is 11.6 Å². The molecule has 0 aromatic heterocycles. The molecule has 41 nitrogen and oxygen atoms in total. The first kappa shape index (κ1) is 104. The molecule has 2 unspecified atom stereocenters. The molecule has 0 amide bonds. The fourth-order valence-corrected chi connectivity index (χ4v) is 23.0. The van der Waals surface area contributed by atoms with E-state index in [0.29, 0.717) is 64.2 Å². The van der Waals surface area contributed by atoms with E-state index in [0.717, 1.165) is 11.9 Å². The predicted octanol–water partition coefficient (Wildman–Crippen LogP) is -2.73. The summed E-state index contributed by atoms with van der Waals surface area (Å²) in [6.07, 6.45) is -57.5. The molecular formula is C88H142O41. The Labute approximate surface area is 748 Å². The highest BCUT2D eigenvalue weighted by molar-refractivity contribution is 5.79. The molecule has 129 heavy (non-hydrogen) atoms. The average molecular weight is 1860 g/mol. The molecule has 12 rings (SSSR count). The molecule has 20 N–H and O–H groups in total. The van der Waals surface area contributed by atoms with Crippen molar-refractivity contribution < 1.29 is 202 Å². The van der Waals surface area contributed by atoms with Crippen LogP contribution in [0.25, 0.3) is 0 Å². The molecule has 0 bridgehead atoms. The van der Waals surface area contributed by atoms with Gasteiger partial charge in [0.05, 0.1) is 86.2 Å². The summed E-state index contributed by atoms with van der Waals surface area (Å²) >= 11 is 0. The van der Waals surface area contributed by atoms with Crippen molar-refractivity contribution in [1.82, 2.24) is 0 Å². The number of allylic oxidation sites excluding steroid dienone is 2. The Hall–Kier alpha value is -3.99. The van der Waals surface area contributed by atoms with E-state index < -0.39 is 335 Å². The quantitative estimate of drug-likeness (QED) is 0.0107. The van der Waals surface area contributed by atoms with Gasteiger partial charge in [-0.1, -0.05) is 93.7 Å². The van der Waals surface area contributed by atoms with Gasteiger partial charge in [-0.25, -0.2) is 4.79 Å². The fraction of sp³-hybridized carbons (Fsp3) is 0.920. The zero-order chi connectivity index (χ0) is 94.9. The fourth-order valence-electron chi connectivity index (χ4n) is 23.0. The number of ether oxygens (including phenoxy) is 16. The largest absolute Gasteiger partial charge is 0.479 e. The maximum absolute atomic E-state index is 16.1. The predicted molar refractivity (Wildman–Crippen MR) is 435 cm³/mol. The van der Waals surface area contributed by atoms with Gasteiger partial charge in [0.25, 0.3) is 0 Å². The molecule has 740 valence electrons. The lowest BCUT2D eigenvalue weighted by Gasteiger charge is -2.71. The first-order valence-electron chi connectivity index (χ1n) is 45.8. The summed E-state index contributed by atoms with van der Waals surface area (Å²) in [5.74, 6) is -6.27. The van der Waals surface area contributed by atoms with Crippen molar-refractivity contribution in [2.24, 2.45) is 62.1 Å². The highest BCUT2D eigenvalue weighted by atomic mass is 16.8. The van der Waals surface area contributed by atoms with Crippen LogP contribution < -0.4 is 0 Å². The smallest absolute Gasteiger partial charge is 0.335 e. The van der Waals surface area contributed by atoms with E-state index in [1.54, 1.807) is 27.7 Å². The molecule has 41 heteroatoms. The average Bonchev–Trinajstić information content (AvgIpc) is 0.891. The third-order valence-electron chi connectivity index (χ3n) is 31.8. The van der Waals surface area contributed by atoms with E-state index in [-0.39, 0.29) is 42.9 Å². The van der Waals surface area contributed by atoms with E-state index in [9.17, 15) is 121 Å². The third-order valence-corrected chi connectivity index (χ3v) is 31.8. The zero-order valence-corrected chi connectivity index (χ0v) is 75.4. The number of aliphatic carboxylic acids is 1. The number of carbonyl (C=O) groups is 5. The Bertz CT molecular complexity index is 3790. The minimum absolute atomic E-state index is 0.117. The Morgan fingerprint density at radius 3 is 1.61 bits per heavy atom. The van der Waals surface area contributed by atoms with Crippen LogP contribution >= 0.6 is 0 Å². The van der Waals surface area contributed by atoms with Crippen LogP contribution in [0.1, 0.15) is 193 Å². The van der Waals surface area contributed by atoms with Gasteiger partial charge in [0.2, 0.25) is 6.29 Å². The summed E-state index contributed by atoms with van der Waals surface area (Å²) in [5, 5.41) is 219. The highest BCUT2D eigenvalue weighted by Gasteiger charge is 2.72. The number of aliphatic hydroxyl groups excluding tert-OH is 19. The van der Waals surface area contributed by atoms with Crippen LogP contribution in [0.3, 0.4) is 0 Å². The maximum Gasteiger partial charge on any atom is 0.335 e. The molecule has 48 atom stereocenters. The number of carbonyl (C=O) groups excluding carboxylic acids is 4. The number of fused-ring (bicyclic) bond motifs is 7. The molecule has 0 aromatic carbocycles. The standard InChI is InChI=1S/C88H142O41/c1-14-35(3)45(118-52(95)28-41(93)27-46(36(4)15-2)119-80-71(58(101)48(32-90)121-80)126-75-62(105)56(99)44(94)33-114-75)26-40(92)29-53(96)123-68-39(7)117-79(72(66(68)109)127-77-64(107)60(103)55(98)38(6)116-77)129-82(113)88-24-22-83(8,9)30-43(88)42-16-17-50-84(10)20-19-51(85(11,34-91)49(84)18-21-87(50,13)86(42,12)23-25-88)122-81-73(128-78-65(108)61(104)57(100)47(31-89)120-78)69(67(110)70(125-81)74(111)112)124-76-63(106)59(102)54(97)37(5)115-76/h16,34-41,43-51,54-73,75-81,89-90,92-94,97-110H,14-15,17-33H2,1-13H3,(H,111,112)/t35-,36-,37-,38-,39+,40-,41-,43-,44-,45-,46-,47+,48-,49?,50?,51-,54-,55-,56+,57-,58-,59+,60+,61-,62+,63+,64+,65+,66-,67-,68-,69-,70-,71+,72+,73+,75-,76-,77-,78-,79-,80+,81+,84-,85-,86+,87+,88-/m0/s1. The van der Waals surface area contributed by atoms with E-state index >= 15 is 4.79 Å². The van der Waals surface area contributed by atoms with Crippen molar-refractivity contribution in [3.8, 4) is 0 Å². The van der Waals surface area contributed by atoms with Gasteiger partial charge < -0.3 is 183 Å². The van der Waals surface area contributed by atoms with Crippen LogP contribution in [0.15, 0.2) is 11.6 Å². The Balaban J connectivity index is 0.738. The summed E-state index contributed by atoms with van der Waals surface area (Å²) in [5.41, 5.74) is -3.81. The molecule has 7 saturated heterocycles. The molecule has 7 aliphatic heterocycles. The van der Waals surface area contributed by atoms with Crippen molar-refractivity contribution >= 4 is 30.2 Å². The van der Waals surface area contributed by atoms with Crippen LogP contribution in [0, 0.1) is 62.1 Å². The number of hydrogen-bond acceptors (Lipinski definition) is 40. The summed E-state index contributed by atoms with van der Waals surface area (Å²) in [7, 11) is 0. The second-order valence-electron chi connectivity index (χ2n) is 40.4. The lowest BCUT2D eigenvalue weighted by Crippen LogP contribution is -2.69. The number of rotatable bonds is 32. The lowest BCUT2D eigenvalue weighted by atomic mass is 9.33.